The van der Waals surface area contributed by atoms with E-state index in [4.69, 9.17) is 16.9 Å². The van der Waals surface area contributed by atoms with Gasteiger partial charge in [0.2, 0.25) is 0 Å². The number of benzene rings is 2. The van der Waals surface area contributed by atoms with Crippen molar-refractivity contribution in [1.29, 1.82) is 5.26 Å². The van der Waals surface area contributed by atoms with Crippen LogP contribution >= 0.6 is 11.6 Å². The van der Waals surface area contributed by atoms with Crippen molar-refractivity contribution in [3.63, 3.8) is 0 Å². The number of nitrogens with one attached hydrogen (secondary N) is 1. The summed E-state index contributed by atoms with van der Waals surface area (Å²) in [6.45, 7) is 1.80. The summed E-state index contributed by atoms with van der Waals surface area (Å²) < 4.78 is 77.6. The van der Waals surface area contributed by atoms with Gasteiger partial charge in [-0.05, 0) is 54.8 Å². The van der Waals surface area contributed by atoms with Crippen LogP contribution in [0.4, 0.5) is 36.8 Å². The van der Waals surface area contributed by atoms with Gasteiger partial charge >= 0.3 is 18.4 Å². The topological polar surface area (TPSA) is 68.5 Å². The van der Waals surface area contributed by atoms with Crippen molar-refractivity contribution in [2.75, 3.05) is 11.9 Å². The van der Waals surface area contributed by atoms with Crippen LogP contribution in [0, 0.1) is 16.7 Å². The number of hydrogen-bond donors (Lipinski definition) is 1. The summed E-state index contributed by atoms with van der Waals surface area (Å²) in [5.41, 5.74) is -1.99. The molecule has 5 nitrogen and oxygen atoms in total. The Bertz CT molecular complexity index is 1170. The molecule has 1 atom stereocenters. The largest absolute Gasteiger partial charge is 0.417 e. The van der Waals surface area contributed by atoms with Gasteiger partial charge in [0.1, 0.15) is 0 Å². The molecule has 12 heteroatoms. The molecule has 1 N–H and O–H groups in total. The Balaban J connectivity index is 1.88. The fraction of sp³-hybridized carbons (Fsp3) is 0.348. The molecular formula is C23H19ClF6N4O. The Kier molecular flexibility index (Phi) is 7.36. The Labute approximate surface area is 202 Å². The summed E-state index contributed by atoms with van der Waals surface area (Å²) in [4.78, 5) is 12.8. The van der Waals surface area contributed by atoms with Gasteiger partial charge in [0, 0.05) is 17.5 Å². The molecule has 0 saturated carbocycles. The molecule has 0 spiro atoms. The number of carbonyl (C=O) groups excluding carboxylic acids is 1. The highest BCUT2D eigenvalue weighted by atomic mass is 35.5. The SMILES string of the molecule is CC1(CCCC#N)CN(C(=O)Nc2ccc(C(F)(F)F)cc2)N=C1c1ccc(C(F)(F)F)c(Cl)c1. The van der Waals surface area contributed by atoms with Crippen LogP contribution in [-0.2, 0) is 12.4 Å². The Morgan fingerprint density at radius 2 is 1.80 bits per heavy atom. The number of anilines is 1. The van der Waals surface area contributed by atoms with E-state index in [1.54, 1.807) is 6.92 Å². The monoisotopic (exact) mass is 516 g/mol. The summed E-state index contributed by atoms with van der Waals surface area (Å²) in [6, 6.07) is 8.31. The van der Waals surface area contributed by atoms with Crippen molar-refractivity contribution in [1.82, 2.24) is 5.01 Å². The van der Waals surface area contributed by atoms with E-state index in [1.807, 2.05) is 6.07 Å². The first kappa shape index (κ1) is 26.3. The minimum atomic E-state index is -4.64. The van der Waals surface area contributed by atoms with Crippen LogP contribution in [0.25, 0.3) is 0 Å². The molecule has 1 aliphatic rings. The zero-order valence-corrected chi connectivity index (χ0v) is 19.0. The molecule has 0 bridgehead atoms. The third-order valence-corrected chi connectivity index (χ3v) is 5.87. The minimum absolute atomic E-state index is 0.0405. The quantitative estimate of drug-likeness (QED) is 0.334. The zero-order valence-electron chi connectivity index (χ0n) is 18.3. The number of nitriles is 1. The summed E-state index contributed by atoms with van der Waals surface area (Å²) in [5.74, 6) is 0. The first-order valence-electron chi connectivity index (χ1n) is 10.3. The number of hydrogen-bond acceptors (Lipinski definition) is 3. The number of unbranched alkanes of at least 4 members (excludes halogenated alkanes) is 1. The highest BCUT2D eigenvalue weighted by Gasteiger charge is 2.42. The fourth-order valence-corrected chi connectivity index (χ4v) is 4.07. The standard InChI is InChI=1S/C23H19ClF6N4O/c1-21(10-2-3-11-31)13-34(20(35)32-16-7-5-15(6-8-16)22(25,26)27)33-19(21)14-4-9-17(18(24)12-14)23(28,29)30/h4-9,12H,2-3,10,13H2,1H3,(H,32,35). The van der Waals surface area contributed by atoms with E-state index in [9.17, 15) is 31.1 Å². The van der Waals surface area contributed by atoms with Gasteiger partial charge < -0.3 is 5.32 Å². The van der Waals surface area contributed by atoms with E-state index in [0.717, 1.165) is 41.4 Å². The Morgan fingerprint density at radius 3 is 2.34 bits per heavy atom. The Morgan fingerprint density at radius 1 is 1.14 bits per heavy atom. The van der Waals surface area contributed by atoms with E-state index in [2.05, 4.69) is 10.4 Å². The maximum Gasteiger partial charge on any atom is 0.417 e. The normalized spacial score (nSPS) is 18.3. The van der Waals surface area contributed by atoms with Crippen LogP contribution in [0.2, 0.25) is 5.02 Å². The number of amides is 2. The highest BCUT2D eigenvalue weighted by molar-refractivity contribution is 6.32. The number of rotatable bonds is 5. The van der Waals surface area contributed by atoms with Crippen LogP contribution in [-0.4, -0.2) is 23.3 Å². The average molecular weight is 517 g/mol. The molecule has 186 valence electrons. The lowest BCUT2D eigenvalue weighted by atomic mass is 9.78. The highest BCUT2D eigenvalue weighted by Crippen LogP contribution is 2.40. The molecule has 2 aromatic carbocycles. The number of hydrazone groups is 1. The van der Waals surface area contributed by atoms with Crippen LogP contribution < -0.4 is 5.32 Å². The number of carbonyl (C=O) groups is 1. The summed E-state index contributed by atoms with van der Waals surface area (Å²) in [5, 5.41) is 16.2. The van der Waals surface area contributed by atoms with E-state index in [1.165, 1.54) is 6.07 Å². The van der Waals surface area contributed by atoms with Crippen molar-refractivity contribution >= 4 is 29.0 Å². The van der Waals surface area contributed by atoms with Gasteiger partial charge in [0.25, 0.3) is 0 Å². The molecule has 35 heavy (non-hydrogen) atoms. The second-order valence-electron chi connectivity index (χ2n) is 8.28. The van der Waals surface area contributed by atoms with Crippen molar-refractivity contribution in [3.8, 4) is 6.07 Å². The predicted octanol–water partition coefficient (Wildman–Crippen LogP) is 7.33. The molecule has 0 aromatic heterocycles. The van der Waals surface area contributed by atoms with E-state index < -0.39 is 39.9 Å². The minimum Gasteiger partial charge on any atom is -0.306 e. The molecule has 2 aromatic rings. The summed E-state index contributed by atoms with van der Waals surface area (Å²) in [7, 11) is 0. The Hall–Kier alpha value is -3.26. The third kappa shape index (κ3) is 6.06. The third-order valence-electron chi connectivity index (χ3n) is 5.55. The number of nitrogens with zero attached hydrogens (tertiary/aromatic N) is 3. The van der Waals surface area contributed by atoms with Crippen LogP contribution in [0.3, 0.4) is 0 Å². The number of alkyl halides is 6. The average Bonchev–Trinajstić information content (AvgIpc) is 3.10. The fourth-order valence-electron chi connectivity index (χ4n) is 3.78. The maximum atomic E-state index is 13.1. The smallest absolute Gasteiger partial charge is 0.306 e. The van der Waals surface area contributed by atoms with Crippen molar-refractivity contribution in [2.45, 2.75) is 38.5 Å². The first-order valence-corrected chi connectivity index (χ1v) is 10.7. The molecular weight excluding hydrogens is 498 g/mol. The summed E-state index contributed by atoms with van der Waals surface area (Å²) in [6.07, 6.45) is -8.08. The molecule has 0 saturated heterocycles. The first-order chi connectivity index (χ1) is 16.2. The molecule has 0 radical (unpaired) electrons. The lowest BCUT2D eigenvalue weighted by Crippen LogP contribution is -2.35. The summed E-state index contributed by atoms with van der Waals surface area (Å²) >= 11 is 5.87. The van der Waals surface area contributed by atoms with Gasteiger partial charge in [-0.25, -0.2) is 9.80 Å². The van der Waals surface area contributed by atoms with E-state index in [-0.39, 0.29) is 24.2 Å². The molecule has 1 heterocycles. The number of urea groups is 1. The van der Waals surface area contributed by atoms with Crippen LogP contribution in [0.1, 0.15) is 42.9 Å². The van der Waals surface area contributed by atoms with Crippen LogP contribution in [0.5, 0.6) is 0 Å². The van der Waals surface area contributed by atoms with Gasteiger partial charge in [-0.3, -0.25) is 0 Å². The van der Waals surface area contributed by atoms with Gasteiger partial charge in [-0.1, -0.05) is 24.6 Å². The predicted molar refractivity (Wildman–Crippen MR) is 118 cm³/mol. The molecule has 3 rings (SSSR count). The van der Waals surface area contributed by atoms with Gasteiger partial charge in [-0.15, -0.1) is 0 Å². The maximum absolute atomic E-state index is 13.1. The molecule has 0 aliphatic carbocycles. The van der Waals surface area contributed by atoms with Gasteiger partial charge in [0.15, 0.2) is 0 Å². The van der Waals surface area contributed by atoms with E-state index in [0.29, 0.717) is 18.6 Å². The van der Waals surface area contributed by atoms with E-state index >= 15 is 0 Å². The van der Waals surface area contributed by atoms with Crippen molar-refractivity contribution in [2.24, 2.45) is 10.5 Å². The number of halogens is 7. The molecule has 0 fully saturated rings. The second-order valence-corrected chi connectivity index (χ2v) is 8.68. The van der Waals surface area contributed by atoms with Gasteiger partial charge in [-0.2, -0.15) is 36.7 Å². The zero-order chi connectivity index (χ0) is 26.0. The lowest BCUT2D eigenvalue weighted by Gasteiger charge is -2.26. The van der Waals surface area contributed by atoms with Gasteiger partial charge in [0.05, 0.1) is 34.5 Å². The van der Waals surface area contributed by atoms with Crippen molar-refractivity contribution in [3.05, 3.63) is 64.2 Å². The van der Waals surface area contributed by atoms with Crippen molar-refractivity contribution < 1.29 is 31.1 Å². The molecule has 1 aliphatic heterocycles. The van der Waals surface area contributed by atoms with Crippen LogP contribution in [0.15, 0.2) is 47.6 Å². The molecule has 2 amide bonds. The lowest BCUT2D eigenvalue weighted by molar-refractivity contribution is -0.138. The molecule has 1 unspecified atom stereocenters. The second kappa shape index (κ2) is 9.77.